The highest BCUT2D eigenvalue weighted by molar-refractivity contribution is 5.86. The van der Waals surface area contributed by atoms with Gasteiger partial charge in [-0.2, -0.15) is 0 Å². The van der Waals surface area contributed by atoms with Crippen LogP contribution in [0.3, 0.4) is 0 Å². The van der Waals surface area contributed by atoms with Crippen LogP contribution in [0.4, 0.5) is 0 Å². The van der Waals surface area contributed by atoms with Crippen LogP contribution in [-0.4, -0.2) is 24.3 Å². The van der Waals surface area contributed by atoms with Crippen LogP contribution in [0.5, 0.6) is 0 Å². The van der Waals surface area contributed by atoms with Gasteiger partial charge >= 0.3 is 0 Å². The Hall–Kier alpha value is 0.790. The summed E-state index contributed by atoms with van der Waals surface area (Å²) in [6.45, 7) is 1.78. The van der Waals surface area contributed by atoms with Crippen LogP contribution in [0.1, 0.15) is 6.42 Å². The molecule has 1 atom stereocenters. The Bertz CT molecular complexity index is 49.1. The van der Waals surface area contributed by atoms with Crippen LogP contribution < -0.4 is 5.32 Å². The van der Waals surface area contributed by atoms with E-state index in [1.807, 2.05) is 0 Å². The third-order valence-electron chi connectivity index (χ3n) is 1.03. The minimum absolute atomic E-state index is 0. The topological polar surface area (TPSA) is 32.3 Å². The molecule has 1 rings (SSSR count). The van der Waals surface area contributed by atoms with Crippen molar-refractivity contribution in [1.82, 2.24) is 5.32 Å². The van der Waals surface area contributed by atoms with Crippen molar-refractivity contribution in [2.24, 2.45) is 0 Å². The van der Waals surface area contributed by atoms with Crippen LogP contribution in [0.25, 0.3) is 0 Å². The summed E-state index contributed by atoms with van der Waals surface area (Å²) in [5.41, 5.74) is 0. The summed E-state index contributed by atoms with van der Waals surface area (Å²) in [7, 11) is 0. The highest BCUT2D eigenvalue weighted by Gasteiger charge is 2.08. The number of aliphatic hydroxyl groups excluding tert-OH is 1. The van der Waals surface area contributed by atoms with Crippen molar-refractivity contribution in [3.05, 3.63) is 0 Å². The van der Waals surface area contributed by atoms with Crippen LogP contribution in [0.15, 0.2) is 0 Å². The van der Waals surface area contributed by atoms with E-state index in [4.69, 9.17) is 5.11 Å². The van der Waals surface area contributed by atoms with Gasteiger partial charge in [-0.1, -0.05) is 0 Å². The number of hydrogen-bond donors (Lipinski definition) is 2. The molecule has 0 saturated carbocycles. The molecule has 0 aromatic heterocycles. The van der Waals surface area contributed by atoms with Crippen molar-refractivity contribution < 1.29 is 5.11 Å². The van der Waals surface area contributed by atoms with Crippen molar-refractivity contribution in [3.63, 3.8) is 0 Å². The van der Waals surface area contributed by atoms with Gasteiger partial charge in [0.25, 0.3) is 0 Å². The Morgan fingerprint density at radius 1 is 1.22 bits per heavy atom. The quantitative estimate of drug-likeness (QED) is 0.595. The van der Waals surface area contributed by atoms with Crippen molar-refractivity contribution in [2.45, 2.75) is 12.5 Å². The maximum Gasteiger partial charge on any atom is 0.0676 e. The van der Waals surface area contributed by atoms with Crippen molar-refractivity contribution in [3.8, 4) is 0 Å². The van der Waals surface area contributed by atoms with Gasteiger partial charge in [-0.3, -0.25) is 0 Å². The van der Waals surface area contributed by atoms with E-state index in [0.29, 0.717) is 0 Å². The molecule has 1 saturated heterocycles. The Balaban J connectivity index is -0.000000120. The van der Waals surface area contributed by atoms with Gasteiger partial charge in [0, 0.05) is 6.54 Å². The van der Waals surface area contributed by atoms with E-state index in [1.54, 1.807) is 0 Å². The van der Waals surface area contributed by atoms with Gasteiger partial charge < -0.3 is 10.4 Å². The lowest BCUT2D eigenvalue weighted by molar-refractivity contribution is 0.196. The van der Waals surface area contributed by atoms with E-state index < -0.39 is 0 Å². The van der Waals surface area contributed by atoms with E-state index in [9.17, 15) is 0 Å². The van der Waals surface area contributed by atoms with Gasteiger partial charge in [0.05, 0.1) is 6.10 Å². The SMILES string of the molecule is Cl.Cl.Cl.OC1CCNC1. The summed E-state index contributed by atoms with van der Waals surface area (Å²) in [6, 6.07) is 0. The molecule has 0 aromatic carbocycles. The summed E-state index contributed by atoms with van der Waals surface area (Å²) in [6.07, 6.45) is 0.866. The average Bonchev–Trinajstić information content (AvgIpc) is 1.86. The fourth-order valence-electron chi connectivity index (χ4n) is 0.639. The maximum atomic E-state index is 8.67. The molecule has 0 aromatic rings. The first kappa shape index (κ1) is 16.4. The molecule has 1 unspecified atom stereocenters. The van der Waals surface area contributed by atoms with Gasteiger partial charge in [0.2, 0.25) is 0 Å². The van der Waals surface area contributed by atoms with Crippen LogP contribution in [-0.2, 0) is 0 Å². The summed E-state index contributed by atoms with van der Waals surface area (Å²) in [4.78, 5) is 0. The highest BCUT2D eigenvalue weighted by Crippen LogP contribution is 1.93. The van der Waals surface area contributed by atoms with Crippen LogP contribution in [0, 0.1) is 0 Å². The van der Waals surface area contributed by atoms with Gasteiger partial charge in [-0.05, 0) is 13.0 Å². The maximum absolute atomic E-state index is 8.67. The lowest BCUT2D eigenvalue weighted by Gasteiger charge is -1.90. The standard InChI is InChI=1S/C4H9NO.3ClH/c6-4-1-2-5-3-4;;;/h4-6H,1-3H2;3*1H. The van der Waals surface area contributed by atoms with E-state index in [1.165, 1.54) is 0 Å². The predicted molar refractivity (Wildman–Crippen MR) is 45.2 cm³/mol. The van der Waals surface area contributed by atoms with Gasteiger partial charge in [0.15, 0.2) is 0 Å². The monoisotopic (exact) mass is 195 g/mol. The van der Waals surface area contributed by atoms with Crippen LogP contribution >= 0.6 is 37.2 Å². The van der Waals surface area contributed by atoms with E-state index in [2.05, 4.69) is 5.32 Å². The molecular formula is C4H12Cl3NO. The summed E-state index contributed by atoms with van der Waals surface area (Å²) < 4.78 is 0. The van der Waals surface area contributed by atoms with E-state index in [0.717, 1.165) is 19.5 Å². The molecule has 2 N–H and O–H groups in total. The molecule has 5 heteroatoms. The average molecular weight is 197 g/mol. The molecule has 9 heavy (non-hydrogen) atoms. The van der Waals surface area contributed by atoms with E-state index >= 15 is 0 Å². The van der Waals surface area contributed by atoms with Gasteiger partial charge in [-0.25, -0.2) is 0 Å². The zero-order valence-corrected chi connectivity index (χ0v) is 7.32. The number of hydrogen-bond acceptors (Lipinski definition) is 2. The van der Waals surface area contributed by atoms with Crippen molar-refractivity contribution in [1.29, 1.82) is 0 Å². The summed E-state index contributed by atoms with van der Waals surface area (Å²) >= 11 is 0. The second-order valence-electron chi connectivity index (χ2n) is 1.65. The minimum atomic E-state index is -0.0648. The third kappa shape index (κ3) is 6.68. The normalized spacial score (nSPS) is 23.0. The molecule has 1 heterocycles. The first-order valence-corrected chi connectivity index (χ1v) is 2.28. The lowest BCUT2D eigenvalue weighted by atomic mass is 10.3. The number of rotatable bonds is 0. The molecular weight excluding hydrogens is 184 g/mol. The summed E-state index contributed by atoms with van der Waals surface area (Å²) in [5, 5.41) is 11.7. The second-order valence-corrected chi connectivity index (χ2v) is 1.65. The fraction of sp³-hybridized carbons (Fsp3) is 1.00. The molecule has 0 aliphatic carbocycles. The van der Waals surface area contributed by atoms with Crippen molar-refractivity contribution >= 4 is 37.2 Å². The smallest absolute Gasteiger partial charge is 0.0676 e. The Morgan fingerprint density at radius 3 is 1.89 bits per heavy atom. The molecule has 0 radical (unpaired) electrons. The zero-order chi connectivity index (χ0) is 4.41. The number of halogens is 3. The first-order chi connectivity index (χ1) is 2.89. The lowest BCUT2D eigenvalue weighted by Crippen LogP contribution is -2.11. The summed E-state index contributed by atoms with van der Waals surface area (Å²) in [5.74, 6) is 0. The molecule has 2 nitrogen and oxygen atoms in total. The van der Waals surface area contributed by atoms with Crippen LogP contribution in [0.2, 0.25) is 0 Å². The predicted octanol–water partition coefficient (Wildman–Crippen LogP) is 0.606. The van der Waals surface area contributed by atoms with Gasteiger partial charge in [0.1, 0.15) is 0 Å². The second kappa shape index (κ2) is 8.79. The number of nitrogens with one attached hydrogen (secondary N) is 1. The van der Waals surface area contributed by atoms with E-state index in [-0.39, 0.29) is 43.3 Å². The van der Waals surface area contributed by atoms with Gasteiger partial charge in [-0.15, -0.1) is 37.2 Å². The Morgan fingerprint density at radius 2 is 1.78 bits per heavy atom. The molecule has 60 valence electrons. The number of β-amino-alcohol motifs (C(OH)–C–C–N with tert-alkyl or cyclic N) is 1. The largest absolute Gasteiger partial charge is 0.392 e. The molecule has 1 aliphatic rings. The first-order valence-electron chi connectivity index (χ1n) is 2.28. The molecule has 1 fully saturated rings. The Kier molecular flexibility index (Phi) is 16.0. The number of aliphatic hydroxyl groups is 1. The zero-order valence-electron chi connectivity index (χ0n) is 4.87. The Labute approximate surface area is 73.6 Å². The minimum Gasteiger partial charge on any atom is -0.392 e. The fourth-order valence-corrected chi connectivity index (χ4v) is 0.639. The highest BCUT2D eigenvalue weighted by atomic mass is 35.5. The third-order valence-corrected chi connectivity index (χ3v) is 1.03. The molecule has 0 bridgehead atoms. The molecule has 0 spiro atoms. The van der Waals surface area contributed by atoms with Crippen molar-refractivity contribution in [2.75, 3.05) is 13.1 Å². The molecule has 0 amide bonds. The molecule has 1 aliphatic heterocycles.